The molecule has 3 rings (SSSR count). The zero-order valence-corrected chi connectivity index (χ0v) is 14.9. The number of amides is 3. The lowest BCUT2D eigenvalue weighted by molar-refractivity contribution is -0.146. The number of nitrogens with zero attached hydrogens (tertiary/aromatic N) is 2. The van der Waals surface area contributed by atoms with Crippen LogP contribution in [-0.4, -0.2) is 67.7 Å². The van der Waals surface area contributed by atoms with E-state index in [1.165, 1.54) is 19.3 Å². The van der Waals surface area contributed by atoms with Crippen LogP contribution in [0.25, 0.3) is 0 Å². The van der Waals surface area contributed by atoms with Crippen molar-refractivity contribution in [3.8, 4) is 0 Å². The lowest BCUT2D eigenvalue weighted by Gasteiger charge is -2.39. The van der Waals surface area contributed by atoms with Crippen molar-refractivity contribution in [1.29, 1.82) is 0 Å². The normalized spacial score (nSPS) is 28.6. The highest BCUT2D eigenvalue weighted by Crippen LogP contribution is 2.40. The van der Waals surface area contributed by atoms with Gasteiger partial charge < -0.3 is 19.9 Å². The van der Waals surface area contributed by atoms with Crippen LogP contribution < -0.4 is 5.32 Å². The molecule has 1 unspecified atom stereocenters. The summed E-state index contributed by atoms with van der Waals surface area (Å²) in [6, 6.07) is 0.351. The molecule has 1 atom stereocenters. The third-order valence-corrected chi connectivity index (χ3v) is 5.96. The number of carbonyl (C=O) groups excluding carboxylic acids is 2. The predicted octanol–water partition coefficient (Wildman–Crippen LogP) is 1.99. The molecule has 6 heteroatoms. The number of hydrogen-bond donors (Lipinski definition) is 1. The van der Waals surface area contributed by atoms with Gasteiger partial charge in [-0.25, -0.2) is 4.79 Å². The molecule has 3 amide bonds. The maximum atomic E-state index is 12.9. The van der Waals surface area contributed by atoms with Gasteiger partial charge in [-0.2, -0.15) is 0 Å². The summed E-state index contributed by atoms with van der Waals surface area (Å²) in [4.78, 5) is 29.3. The highest BCUT2D eigenvalue weighted by atomic mass is 16.5. The summed E-state index contributed by atoms with van der Waals surface area (Å²) < 4.78 is 5.12. The molecule has 0 aromatic heterocycles. The Balaban J connectivity index is 1.56. The van der Waals surface area contributed by atoms with Crippen molar-refractivity contribution in [1.82, 2.24) is 15.1 Å². The second-order valence-corrected chi connectivity index (χ2v) is 7.62. The van der Waals surface area contributed by atoms with E-state index < -0.39 is 0 Å². The predicted molar refractivity (Wildman–Crippen MR) is 91.7 cm³/mol. The van der Waals surface area contributed by atoms with Gasteiger partial charge in [-0.3, -0.25) is 4.79 Å². The quantitative estimate of drug-likeness (QED) is 0.853. The maximum Gasteiger partial charge on any atom is 0.317 e. The number of likely N-dealkylation sites (tertiary alicyclic amines) is 2. The van der Waals surface area contributed by atoms with Crippen LogP contribution in [0.1, 0.15) is 51.4 Å². The van der Waals surface area contributed by atoms with E-state index in [-0.39, 0.29) is 17.4 Å². The van der Waals surface area contributed by atoms with E-state index in [4.69, 9.17) is 4.74 Å². The van der Waals surface area contributed by atoms with Crippen molar-refractivity contribution in [2.45, 2.75) is 57.4 Å². The lowest BCUT2D eigenvalue weighted by atomic mass is 9.78. The van der Waals surface area contributed by atoms with Crippen LogP contribution in [-0.2, 0) is 9.53 Å². The zero-order chi connectivity index (χ0) is 17.0. The number of rotatable bonds is 4. The molecule has 0 radical (unpaired) electrons. The molecular formula is C18H31N3O3. The second kappa shape index (κ2) is 7.72. The second-order valence-electron chi connectivity index (χ2n) is 7.62. The number of ether oxygens (including phenoxy) is 1. The summed E-state index contributed by atoms with van der Waals surface area (Å²) in [5, 5.41) is 3.19. The van der Waals surface area contributed by atoms with Crippen LogP contribution >= 0.6 is 0 Å². The van der Waals surface area contributed by atoms with Crippen LogP contribution in [0.15, 0.2) is 0 Å². The van der Waals surface area contributed by atoms with Gasteiger partial charge in [0.1, 0.15) is 0 Å². The Morgan fingerprint density at radius 3 is 2.75 bits per heavy atom. The van der Waals surface area contributed by atoms with Gasteiger partial charge in [-0.1, -0.05) is 19.3 Å². The fraction of sp³-hybridized carbons (Fsp3) is 0.889. The molecule has 0 aromatic carbocycles. The van der Waals surface area contributed by atoms with Crippen molar-refractivity contribution in [2.24, 2.45) is 5.41 Å². The Hall–Kier alpha value is -1.30. The molecule has 1 N–H and O–H groups in total. The minimum absolute atomic E-state index is 0.0283. The Kier molecular flexibility index (Phi) is 5.64. The first kappa shape index (κ1) is 17.5. The number of carbonyl (C=O) groups is 2. The molecule has 136 valence electrons. The molecule has 1 aliphatic carbocycles. The van der Waals surface area contributed by atoms with Gasteiger partial charge in [-0.15, -0.1) is 0 Å². The summed E-state index contributed by atoms with van der Waals surface area (Å²) >= 11 is 0. The molecule has 6 nitrogen and oxygen atoms in total. The van der Waals surface area contributed by atoms with E-state index in [2.05, 4.69) is 5.32 Å². The van der Waals surface area contributed by atoms with Crippen LogP contribution in [0, 0.1) is 5.41 Å². The first-order valence-electron chi connectivity index (χ1n) is 9.48. The van der Waals surface area contributed by atoms with Gasteiger partial charge in [0.25, 0.3) is 0 Å². The molecule has 3 aliphatic rings. The SMILES string of the molecule is COCCN1CCCC2(CCN(C(=O)NC3CCCCC3)C2)C1=O. The van der Waals surface area contributed by atoms with E-state index in [9.17, 15) is 9.59 Å². The summed E-state index contributed by atoms with van der Waals surface area (Å²) in [7, 11) is 1.66. The largest absolute Gasteiger partial charge is 0.383 e. The summed E-state index contributed by atoms with van der Waals surface area (Å²) in [6.07, 6.45) is 8.61. The maximum absolute atomic E-state index is 12.9. The van der Waals surface area contributed by atoms with Crippen molar-refractivity contribution in [3.63, 3.8) is 0 Å². The van der Waals surface area contributed by atoms with Gasteiger partial charge in [0.05, 0.1) is 12.0 Å². The minimum atomic E-state index is -0.351. The van der Waals surface area contributed by atoms with Gasteiger partial charge in [0.15, 0.2) is 0 Å². The molecule has 2 saturated heterocycles. The Morgan fingerprint density at radius 2 is 2.00 bits per heavy atom. The average Bonchev–Trinajstić information content (AvgIpc) is 3.03. The third-order valence-electron chi connectivity index (χ3n) is 5.96. The standard InChI is InChI=1S/C18H31N3O3/c1-24-13-12-20-10-5-8-18(16(20)22)9-11-21(14-18)17(23)19-15-6-3-2-4-7-15/h15H,2-14H2,1H3,(H,19,23). The first-order valence-corrected chi connectivity index (χ1v) is 9.48. The summed E-state index contributed by atoms with van der Waals surface area (Å²) in [5.74, 6) is 0.221. The monoisotopic (exact) mass is 337 g/mol. The van der Waals surface area contributed by atoms with Crippen molar-refractivity contribution in [2.75, 3.05) is 39.9 Å². The Morgan fingerprint density at radius 1 is 1.21 bits per heavy atom. The van der Waals surface area contributed by atoms with E-state index in [0.717, 1.165) is 38.6 Å². The molecule has 2 aliphatic heterocycles. The number of urea groups is 1. The van der Waals surface area contributed by atoms with Gasteiger partial charge >= 0.3 is 6.03 Å². The molecule has 24 heavy (non-hydrogen) atoms. The van der Waals surface area contributed by atoms with Crippen LogP contribution in [0.3, 0.4) is 0 Å². The zero-order valence-electron chi connectivity index (χ0n) is 14.9. The fourth-order valence-corrected chi connectivity index (χ4v) is 4.50. The number of methoxy groups -OCH3 is 1. The van der Waals surface area contributed by atoms with Gasteiger partial charge in [0, 0.05) is 39.3 Å². The molecular weight excluding hydrogens is 306 g/mol. The smallest absolute Gasteiger partial charge is 0.317 e. The van der Waals surface area contributed by atoms with Crippen LogP contribution in [0.4, 0.5) is 4.79 Å². The van der Waals surface area contributed by atoms with E-state index in [1.54, 1.807) is 7.11 Å². The lowest BCUT2D eigenvalue weighted by Crippen LogP contribution is -2.52. The third kappa shape index (κ3) is 3.68. The van der Waals surface area contributed by atoms with Gasteiger partial charge in [-0.05, 0) is 32.1 Å². The molecule has 3 fully saturated rings. The summed E-state index contributed by atoms with van der Waals surface area (Å²) in [6.45, 7) is 3.33. The highest BCUT2D eigenvalue weighted by Gasteiger charge is 2.49. The average molecular weight is 337 g/mol. The topological polar surface area (TPSA) is 61.9 Å². The fourth-order valence-electron chi connectivity index (χ4n) is 4.50. The Bertz CT molecular complexity index is 464. The molecule has 2 heterocycles. The molecule has 1 spiro atoms. The van der Waals surface area contributed by atoms with Crippen molar-refractivity contribution < 1.29 is 14.3 Å². The highest BCUT2D eigenvalue weighted by molar-refractivity contribution is 5.85. The van der Waals surface area contributed by atoms with E-state index >= 15 is 0 Å². The van der Waals surface area contributed by atoms with Gasteiger partial charge in [0.2, 0.25) is 5.91 Å². The van der Waals surface area contributed by atoms with Crippen molar-refractivity contribution >= 4 is 11.9 Å². The minimum Gasteiger partial charge on any atom is -0.383 e. The van der Waals surface area contributed by atoms with Crippen LogP contribution in [0.5, 0.6) is 0 Å². The van der Waals surface area contributed by atoms with E-state index in [0.29, 0.717) is 32.3 Å². The summed E-state index contributed by atoms with van der Waals surface area (Å²) in [5.41, 5.74) is -0.351. The first-order chi connectivity index (χ1) is 11.6. The number of nitrogens with one attached hydrogen (secondary N) is 1. The molecule has 1 saturated carbocycles. The van der Waals surface area contributed by atoms with Crippen molar-refractivity contribution in [3.05, 3.63) is 0 Å². The number of piperidine rings is 1. The van der Waals surface area contributed by atoms with Crippen LogP contribution in [0.2, 0.25) is 0 Å². The molecule has 0 bridgehead atoms. The van der Waals surface area contributed by atoms with E-state index in [1.807, 2.05) is 9.80 Å². The Labute approximate surface area is 144 Å². The molecule has 0 aromatic rings. The number of hydrogen-bond acceptors (Lipinski definition) is 3.